The number of phenolic OH excluding ortho intramolecular Hbond substituents is 5. The van der Waals surface area contributed by atoms with Crippen molar-refractivity contribution in [3.8, 4) is 85.7 Å². The monoisotopic (exact) mass is 1720 g/mol. The Kier molecular flexibility index (Phi) is 28.9. The number of carbonyl (C=O) groups is 1. The van der Waals surface area contributed by atoms with E-state index in [1.165, 1.54) is 90.6 Å². The van der Waals surface area contributed by atoms with E-state index in [4.69, 9.17) is 64.1 Å². The van der Waals surface area contributed by atoms with Gasteiger partial charge in [-0.25, -0.2) is 54.6 Å². The number of aromatic hydroxyl groups is 5. The summed E-state index contributed by atoms with van der Waals surface area (Å²) in [7, 11) is 1.80. The van der Waals surface area contributed by atoms with E-state index in [2.05, 4.69) is 66.0 Å². The zero-order chi connectivity index (χ0) is 88.2. The molecular formula is C102H128N16O9. The summed E-state index contributed by atoms with van der Waals surface area (Å²) in [6.45, 7) is 28.0. The van der Waals surface area contributed by atoms with Gasteiger partial charge in [0.2, 0.25) is 0 Å². The Bertz CT molecular complexity index is 5450. The first-order valence-electron chi connectivity index (χ1n) is 47.0. The number of benzene rings is 5. The zero-order valence-electron chi connectivity index (χ0n) is 75.6. The molecule has 0 bridgehead atoms. The number of rotatable bonds is 12. The van der Waals surface area contributed by atoms with E-state index in [0.717, 1.165) is 212 Å². The number of hydrogen-bond acceptors (Lipinski definition) is 24. The number of morpholine rings is 1. The lowest BCUT2D eigenvalue weighted by Crippen LogP contribution is -2.49. The molecule has 25 nitrogen and oxygen atoms in total. The molecular weight excluding hydrogens is 1590 g/mol. The maximum absolute atomic E-state index is 12.0. The highest BCUT2D eigenvalue weighted by atomic mass is 16.6. The Morgan fingerprint density at radius 1 is 0.331 bits per heavy atom. The van der Waals surface area contributed by atoms with Gasteiger partial charge < -0.3 is 69.1 Å². The summed E-state index contributed by atoms with van der Waals surface area (Å²) in [5.41, 5.74) is 15.7. The number of phenols is 5. The predicted molar refractivity (Wildman–Crippen MR) is 500 cm³/mol. The van der Waals surface area contributed by atoms with E-state index in [1.54, 1.807) is 48.4 Å². The lowest BCUT2D eigenvalue weighted by Gasteiger charge is -2.36. The quantitative estimate of drug-likeness (QED) is 0.0759. The standard InChI is InChI=1S/C22H28N4O3.C21H27N3O2.C21H27N3O.C19H23N3O2.C19H23N3O/c1-3-29-22(28)26-12-10-25(11-13-26)21-16-9-8-15(2)14-18(16)23-20(24-21)17-6-4-5-7-19(17)27;1-14-7-8-16-18(13-14)22-20(17-5-3-4-6-19(17)25)23-21(16)24-11-9-15(26-2)10-12-24;1-14-9-11-24(12-10-14)21-16-8-7-15(2)13-18(16)22-20(23-21)17-5-3-4-6-19(17)25;1-13-6-7-14-16(12-13)20-18(15-4-2-3-5-17(15)23)21-19(14)22-8-10-24-11-9-22;1-13-8-9-14-16(12-13)20-18(15-6-2-3-7-17(15)23)21-19(14)22-10-4-5-11-22/h4-7,15,27H,3,8-14H2,1-2H3;3-6,14-15,25H,7-13H2,1-2H3;3-6,14-15,25H,7-13H2,1-2H3;2-5,13,23H,6-12H2,1H3;2-3,6-7,13,23H,4-5,8-12H2,1H3/t15-;14-;15-;2*13-/m11111/s1. The highest BCUT2D eigenvalue weighted by molar-refractivity contribution is 5.73. The summed E-state index contributed by atoms with van der Waals surface area (Å²) < 4.78 is 16.1. The molecule has 10 heterocycles. The Labute approximate surface area is 748 Å². The van der Waals surface area contributed by atoms with E-state index in [1.807, 2.05) is 91.9 Å². The Morgan fingerprint density at radius 2 is 0.591 bits per heavy atom. The van der Waals surface area contributed by atoms with Crippen LogP contribution in [0.2, 0.25) is 0 Å². The number of piperidine rings is 2. The normalized spacial score (nSPS) is 20.4. The van der Waals surface area contributed by atoms with Crippen molar-refractivity contribution in [2.75, 3.05) is 130 Å². The van der Waals surface area contributed by atoms with Gasteiger partial charge in [-0.15, -0.1) is 0 Å². The summed E-state index contributed by atoms with van der Waals surface area (Å²) in [5.74, 6) is 13.6. The lowest BCUT2D eigenvalue weighted by atomic mass is 9.87. The largest absolute Gasteiger partial charge is 0.507 e. The van der Waals surface area contributed by atoms with Gasteiger partial charge in [0.05, 0.1) is 82.2 Å². The summed E-state index contributed by atoms with van der Waals surface area (Å²) in [5, 5.41) is 51.2. The van der Waals surface area contributed by atoms with Crippen molar-refractivity contribution in [3.63, 3.8) is 0 Å². The predicted octanol–water partition coefficient (Wildman–Crippen LogP) is 17.4. The van der Waals surface area contributed by atoms with Crippen LogP contribution in [0.25, 0.3) is 56.9 Å². The molecule has 5 aromatic carbocycles. The molecule has 25 heteroatoms. The maximum atomic E-state index is 12.0. The van der Waals surface area contributed by atoms with Crippen LogP contribution in [0, 0.1) is 35.5 Å². The molecule has 670 valence electrons. The smallest absolute Gasteiger partial charge is 0.409 e. The maximum Gasteiger partial charge on any atom is 0.409 e. The highest BCUT2D eigenvalue weighted by Gasteiger charge is 2.35. The van der Waals surface area contributed by atoms with Crippen molar-refractivity contribution in [3.05, 3.63) is 178 Å². The SMILES string of the molecule is CC1CCN(c2nc(-c3ccccc3O)nc3c2CC[C@@H](C)C3)CC1.CCOC(=O)N1CCN(c2nc(-c3ccccc3O)nc3c2CC[C@@H](C)C3)CC1.COC1CCN(c2nc(-c3ccccc3O)nc3c2CC[C@@H](C)C3)CC1.C[C@@H]1CCc2c(nc(-c3ccccc3O)nc2N2CCCC2)C1.C[C@@H]1CCc2c(nc(-c3ccccc3O)nc2N2CCOCC2)C1. The summed E-state index contributed by atoms with van der Waals surface area (Å²) in [6, 6.07) is 36.6. The van der Waals surface area contributed by atoms with Gasteiger partial charge in [0.15, 0.2) is 29.1 Å². The van der Waals surface area contributed by atoms with Crippen LogP contribution >= 0.6 is 0 Å². The molecule has 5 atom stereocenters. The molecule has 0 saturated carbocycles. The van der Waals surface area contributed by atoms with Gasteiger partial charge >= 0.3 is 6.09 Å². The topological polar surface area (TPSA) is 294 Å². The molecule has 0 spiro atoms. The molecule has 5 N–H and O–H groups in total. The van der Waals surface area contributed by atoms with Crippen molar-refractivity contribution in [2.45, 2.75) is 189 Å². The minimum absolute atomic E-state index is 0.189. The van der Waals surface area contributed by atoms with Crippen molar-refractivity contribution < 1.29 is 44.5 Å². The van der Waals surface area contributed by atoms with Gasteiger partial charge in [-0.2, -0.15) is 0 Å². The first kappa shape index (κ1) is 89.1. The van der Waals surface area contributed by atoms with Crippen LogP contribution in [-0.4, -0.2) is 198 Å². The third-order valence-electron chi connectivity index (χ3n) is 27.2. The van der Waals surface area contributed by atoms with Gasteiger partial charge in [0.1, 0.15) is 57.8 Å². The molecule has 5 aliphatic carbocycles. The van der Waals surface area contributed by atoms with Crippen molar-refractivity contribution in [2.24, 2.45) is 35.5 Å². The van der Waals surface area contributed by atoms with E-state index in [-0.39, 0.29) is 34.8 Å². The van der Waals surface area contributed by atoms with Crippen LogP contribution in [0.4, 0.5) is 33.9 Å². The van der Waals surface area contributed by atoms with Crippen LogP contribution in [0.1, 0.15) is 175 Å². The van der Waals surface area contributed by atoms with E-state index >= 15 is 0 Å². The van der Waals surface area contributed by atoms with Crippen LogP contribution in [0.5, 0.6) is 28.7 Å². The number of carbonyl (C=O) groups excluding carboxylic acids is 1. The molecule has 5 aromatic heterocycles. The van der Waals surface area contributed by atoms with Crippen molar-refractivity contribution >= 4 is 35.2 Å². The number of hydrogen-bond donors (Lipinski definition) is 5. The molecule has 5 saturated heterocycles. The minimum atomic E-state index is -0.249. The first-order valence-corrected chi connectivity index (χ1v) is 47.0. The summed E-state index contributed by atoms with van der Waals surface area (Å²) in [6.07, 6.45) is 23.1. The number of aromatic nitrogens is 10. The van der Waals surface area contributed by atoms with Gasteiger partial charge in [-0.1, -0.05) is 102 Å². The summed E-state index contributed by atoms with van der Waals surface area (Å²) >= 11 is 0. The number of piperazine rings is 1. The Morgan fingerprint density at radius 3 is 0.866 bits per heavy atom. The minimum Gasteiger partial charge on any atom is -0.507 e. The number of para-hydroxylation sites is 5. The number of methoxy groups -OCH3 is 1. The third-order valence-corrected chi connectivity index (χ3v) is 27.2. The molecule has 20 rings (SSSR count). The number of fused-ring (bicyclic) bond motifs is 5. The Hall–Kier alpha value is -11.3. The van der Waals surface area contributed by atoms with Crippen LogP contribution in [-0.2, 0) is 78.4 Å². The molecule has 5 aliphatic heterocycles. The Balaban J connectivity index is 0.000000117. The second kappa shape index (κ2) is 41.2. The average molecular weight is 1720 g/mol. The van der Waals surface area contributed by atoms with Crippen molar-refractivity contribution in [1.82, 2.24) is 54.7 Å². The second-order valence-corrected chi connectivity index (χ2v) is 36.9. The van der Waals surface area contributed by atoms with E-state index in [0.29, 0.717) is 114 Å². The number of nitrogens with zero attached hydrogens (tertiary/aromatic N) is 16. The van der Waals surface area contributed by atoms with Gasteiger partial charge in [-0.3, -0.25) is 0 Å². The second-order valence-electron chi connectivity index (χ2n) is 36.9. The van der Waals surface area contributed by atoms with Gasteiger partial charge in [-0.05, 0) is 238 Å². The first-order chi connectivity index (χ1) is 61.8. The molecule has 0 unspecified atom stereocenters. The number of ether oxygens (including phenoxy) is 3. The molecule has 5 fully saturated rings. The molecule has 127 heavy (non-hydrogen) atoms. The molecule has 10 aliphatic rings. The molecule has 1 amide bonds. The van der Waals surface area contributed by atoms with E-state index in [9.17, 15) is 30.3 Å². The highest BCUT2D eigenvalue weighted by Crippen LogP contribution is 2.43. The molecule has 0 radical (unpaired) electrons. The van der Waals surface area contributed by atoms with E-state index < -0.39 is 0 Å². The molecule has 10 aromatic rings. The average Bonchev–Trinajstić information content (AvgIpc) is 1.49. The summed E-state index contributed by atoms with van der Waals surface area (Å²) in [4.78, 5) is 74.3. The fourth-order valence-corrected chi connectivity index (χ4v) is 19.6. The third kappa shape index (κ3) is 21.1. The number of anilines is 5. The van der Waals surface area contributed by atoms with Gasteiger partial charge in [0.25, 0.3) is 0 Å². The van der Waals surface area contributed by atoms with Crippen molar-refractivity contribution in [1.29, 1.82) is 0 Å². The van der Waals surface area contributed by atoms with Crippen LogP contribution in [0.15, 0.2) is 121 Å². The van der Waals surface area contributed by atoms with Crippen LogP contribution in [0.3, 0.4) is 0 Å². The van der Waals surface area contributed by atoms with Gasteiger partial charge in [0, 0.05) is 113 Å². The number of amides is 1. The fourth-order valence-electron chi connectivity index (χ4n) is 19.6. The van der Waals surface area contributed by atoms with Crippen LogP contribution < -0.4 is 24.5 Å². The fraction of sp³-hybridized carbons (Fsp3) is 0.500. The zero-order valence-corrected chi connectivity index (χ0v) is 75.6. The lowest BCUT2D eigenvalue weighted by molar-refractivity contribution is 0.0817.